The van der Waals surface area contributed by atoms with Crippen LogP contribution in [0.1, 0.15) is 31.1 Å². The molecule has 0 bridgehead atoms. The van der Waals surface area contributed by atoms with Gasteiger partial charge in [0, 0.05) is 27.7 Å². The summed E-state index contributed by atoms with van der Waals surface area (Å²) in [5.74, 6) is 0.115. The highest BCUT2D eigenvalue weighted by Gasteiger charge is 2.42. The number of ether oxygens (including phenoxy) is 1. The molecule has 3 rings (SSSR count). The number of hydrogen-bond donors (Lipinski definition) is 1. The normalized spacial score (nSPS) is 29.2. The Bertz CT molecular complexity index is 710. The highest BCUT2D eigenvalue weighted by atomic mass is 35.5. The van der Waals surface area contributed by atoms with Gasteiger partial charge in [0.25, 0.3) is 0 Å². The standard InChI is InChI=1S/C16H17Cl2NO2/c1-7-8(2)21-9(3)14(7)16(20)11-6-19-13-5-10(17)4-12(18)15(11)13/h4-9,14,19H,1-3H3. The van der Waals surface area contributed by atoms with Gasteiger partial charge in [0.2, 0.25) is 0 Å². The Hall–Kier alpha value is -1.03. The SMILES string of the molecule is CC1OC(C)C(C(=O)c2c[nH]c3cc(Cl)cc(Cl)c23)C1C. The summed E-state index contributed by atoms with van der Waals surface area (Å²) < 4.78 is 5.78. The molecular formula is C16H17Cl2NO2. The third-order valence-corrected chi connectivity index (χ3v) is 5.02. The van der Waals surface area contributed by atoms with Crippen molar-refractivity contribution < 1.29 is 9.53 Å². The van der Waals surface area contributed by atoms with Crippen molar-refractivity contribution in [2.45, 2.75) is 33.0 Å². The molecule has 1 aromatic carbocycles. The minimum atomic E-state index is -0.147. The number of carbonyl (C=O) groups excluding carboxylic acids is 1. The minimum Gasteiger partial charge on any atom is -0.374 e. The van der Waals surface area contributed by atoms with Crippen LogP contribution in [0.25, 0.3) is 10.9 Å². The van der Waals surface area contributed by atoms with Crippen LogP contribution < -0.4 is 0 Å². The summed E-state index contributed by atoms with van der Waals surface area (Å²) in [6.45, 7) is 6.02. The number of aromatic amines is 1. The van der Waals surface area contributed by atoms with E-state index in [9.17, 15) is 4.79 Å². The lowest BCUT2D eigenvalue weighted by Gasteiger charge is -2.16. The topological polar surface area (TPSA) is 42.1 Å². The maximum Gasteiger partial charge on any atom is 0.171 e. The fraction of sp³-hybridized carbons (Fsp3) is 0.438. The summed E-state index contributed by atoms with van der Waals surface area (Å²) in [6, 6.07) is 3.44. The van der Waals surface area contributed by atoms with E-state index in [1.54, 1.807) is 18.3 Å². The summed E-state index contributed by atoms with van der Waals surface area (Å²) >= 11 is 12.3. The first-order chi connectivity index (χ1) is 9.90. The molecule has 0 radical (unpaired) electrons. The molecule has 0 spiro atoms. The van der Waals surface area contributed by atoms with Gasteiger partial charge >= 0.3 is 0 Å². The molecule has 3 nitrogen and oxygen atoms in total. The van der Waals surface area contributed by atoms with Crippen molar-refractivity contribution in [3.05, 3.63) is 33.9 Å². The quantitative estimate of drug-likeness (QED) is 0.812. The zero-order chi connectivity index (χ0) is 15.3. The third kappa shape index (κ3) is 2.37. The van der Waals surface area contributed by atoms with Gasteiger partial charge in [-0.3, -0.25) is 4.79 Å². The van der Waals surface area contributed by atoms with Crippen molar-refractivity contribution in [1.29, 1.82) is 0 Å². The number of fused-ring (bicyclic) bond motifs is 1. The first kappa shape index (κ1) is 14.9. The monoisotopic (exact) mass is 325 g/mol. The van der Waals surface area contributed by atoms with Crippen LogP contribution in [0.5, 0.6) is 0 Å². The maximum absolute atomic E-state index is 12.9. The summed E-state index contributed by atoms with van der Waals surface area (Å²) in [4.78, 5) is 16.0. The molecule has 2 heterocycles. The number of Topliss-reactive ketones (excluding diaryl/α,β-unsaturated/α-hetero) is 1. The van der Waals surface area contributed by atoms with Crippen molar-refractivity contribution >= 4 is 39.9 Å². The van der Waals surface area contributed by atoms with E-state index in [2.05, 4.69) is 11.9 Å². The van der Waals surface area contributed by atoms with Gasteiger partial charge in [0.05, 0.1) is 23.1 Å². The summed E-state index contributed by atoms with van der Waals surface area (Å²) in [5, 5.41) is 1.78. The van der Waals surface area contributed by atoms with Gasteiger partial charge in [0.15, 0.2) is 5.78 Å². The summed E-state index contributed by atoms with van der Waals surface area (Å²) in [5.41, 5.74) is 1.40. The summed E-state index contributed by atoms with van der Waals surface area (Å²) in [6.07, 6.45) is 1.72. The highest BCUT2D eigenvalue weighted by Crippen LogP contribution is 2.37. The van der Waals surface area contributed by atoms with Crippen LogP contribution in [-0.2, 0) is 4.74 Å². The van der Waals surface area contributed by atoms with Crippen LogP contribution in [0.4, 0.5) is 0 Å². The number of nitrogens with one attached hydrogen (secondary N) is 1. The molecule has 21 heavy (non-hydrogen) atoms. The van der Waals surface area contributed by atoms with Crippen LogP contribution in [0.15, 0.2) is 18.3 Å². The lowest BCUT2D eigenvalue weighted by atomic mass is 9.83. The molecular weight excluding hydrogens is 309 g/mol. The Labute approximate surface area is 133 Å². The molecule has 0 saturated carbocycles. The third-order valence-electron chi connectivity index (χ3n) is 4.51. The molecule has 1 aromatic heterocycles. The number of halogens is 2. The number of aromatic nitrogens is 1. The Morgan fingerprint density at radius 1 is 1.19 bits per heavy atom. The molecule has 4 unspecified atom stereocenters. The molecule has 1 aliphatic rings. The van der Waals surface area contributed by atoms with Crippen LogP contribution in [-0.4, -0.2) is 23.0 Å². The van der Waals surface area contributed by atoms with Crippen LogP contribution in [0.2, 0.25) is 10.0 Å². The van der Waals surface area contributed by atoms with E-state index in [1.165, 1.54) is 0 Å². The lowest BCUT2D eigenvalue weighted by Crippen LogP contribution is -2.26. The van der Waals surface area contributed by atoms with E-state index in [0.29, 0.717) is 15.6 Å². The van der Waals surface area contributed by atoms with Gasteiger partial charge in [-0.1, -0.05) is 30.1 Å². The minimum absolute atomic E-state index is 0.0785. The fourth-order valence-corrected chi connectivity index (χ4v) is 3.87. The van der Waals surface area contributed by atoms with Crippen LogP contribution in [0.3, 0.4) is 0 Å². The number of rotatable bonds is 2. The first-order valence-corrected chi connectivity index (χ1v) is 7.81. The van der Waals surface area contributed by atoms with Crippen LogP contribution >= 0.6 is 23.2 Å². The highest BCUT2D eigenvalue weighted by molar-refractivity contribution is 6.39. The molecule has 2 aromatic rings. The lowest BCUT2D eigenvalue weighted by molar-refractivity contribution is 0.0491. The van der Waals surface area contributed by atoms with E-state index >= 15 is 0 Å². The van der Waals surface area contributed by atoms with E-state index < -0.39 is 0 Å². The second-order valence-corrected chi connectivity index (χ2v) is 6.65. The van der Waals surface area contributed by atoms with Gasteiger partial charge in [-0.15, -0.1) is 0 Å². The average molecular weight is 326 g/mol. The average Bonchev–Trinajstić information content (AvgIpc) is 2.91. The van der Waals surface area contributed by atoms with Gasteiger partial charge in [0.1, 0.15) is 0 Å². The molecule has 1 fully saturated rings. The predicted octanol–water partition coefficient (Wildman–Crippen LogP) is 4.72. The van der Waals surface area contributed by atoms with E-state index in [-0.39, 0.29) is 29.8 Å². The molecule has 1 aliphatic heterocycles. The van der Waals surface area contributed by atoms with Crippen molar-refractivity contribution in [2.75, 3.05) is 0 Å². The van der Waals surface area contributed by atoms with E-state index in [4.69, 9.17) is 27.9 Å². The van der Waals surface area contributed by atoms with E-state index in [0.717, 1.165) is 10.9 Å². The fourth-order valence-electron chi connectivity index (χ4n) is 3.28. The zero-order valence-electron chi connectivity index (χ0n) is 12.1. The Balaban J connectivity index is 2.07. The van der Waals surface area contributed by atoms with Crippen LogP contribution in [0, 0.1) is 11.8 Å². The second kappa shape index (κ2) is 5.31. The molecule has 0 aliphatic carbocycles. The van der Waals surface area contributed by atoms with Gasteiger partial charge in [-0.2, -0.15) is 0 Å². The number of hydrogen-bond acceptors (Lipinski definition) is 2. The first-order valence-electron chi connectivity index (χ1n) is 7.06. The van der Waals surface area contributed by atoms with Crippen molar-refractivity contribution in [3.8, 4) is 0 Å². The number of benzene rings is 1. The maximum atomic E-state index is 12.9. The molecule has 5 heteroatoms. The summed E-state index contributed by atoms with van der Waals surface area (Å²) in [7, 11) is 0. The second-order valence-electron chi connectivity index (χ2n) is 5.81. The van der Waals surface area contributed by atoms with Gasteiger partial charge in [-0.05, 0) is 31.9 Å². The molecule has 4 atom stereocenters. The van der Waals surface area contributed by atoms with E-state index in [1.807, 2.05) is 13.8 Å². The Morgan fingerprint density at radius 2 is 1.90 bits per heavy atom. The Morgan fingerprint density at radius 3 is 2.52 bits per heavy atom. The van der Waals surface area contributed by atoms with Crippen molar-refractivity contribution in [2.24, 2.45) is 11.8 Å². The number of ketones is 1. The Kier molecular flexibility index (Phi) is 3.76. The largest absolute Gasteiger partial charge is 0.374 e. The molecule has 1 N–H and O–H groups in total. The molecule has 1 saturated heterocycles. The smallest absolute Gasteiger partial charge is 0.171 e. The molecule has 0 amide bonds. The zero-order valence-corrected chi connectivity index (χ0v) is 13.6. The van der Waals surface area contributed by atoms with Gasteiger partial charge in [-0.25, -0.2) is 0 Å². The number of H-pyrrole nitrogens is 1. The number of carbonyl (C=O) groups is 1. The van der Waals surface area contributed by atoms with Gasteiger partial charge < -0.3 is 9.72 Å². The van der Waals surface area contributed by atoms with Crippen molar-refractivity contribution in [3.63, 3.8) is 0 Å². The molecule has 112 valence electrons. The predicted molar refractivity (Wildman–Crippen MR) is 85.3 cm³/mol. The van der Waals surface area contributed by atoms with Crippen molar-refractivity contribution in [1.82, 2.24) is 4.98 Å².